The molecule has 8 nitrogen and oxygen atoms in total. The average Bonchev–Trinajstić information content (AvgIpc) is 2.98. The number of hydrogen-bond donors (Lipinski definition) is 1. The summed E-state index contributed by atoms with van der Waals surface area (Å²) in [6.45, 7) is 0.336. The summed E-state index contributed by atoms with van der Waals surface area (Å²) in [4.78, 5) is 37.2. The van der Waals surface area contributed by atoms with Crippen LogP contribution >= 0.6 is 15.9 Å². The van der Waals surface area contributed by atoms with Crippen molar-refractivity contribution < 1.29 is 28.6 Å². The number of nitrogens with one attached hydrogen (secondary N) is 1. The second-order valence-corrected chi connectivity index (χ2v) is 5.85. The zero-order valence-corrected chi connectivity index (χ0v) is 14.2. The van der Waals surface area contributed by atoms with E-state index in [1.807, 2.05) is 0 Å². The van der Waals surface area contributed by atoms with E-state index >= 15 is 0 Å². The summed E-state index contributed by atoms with van der Waals surface area (Å²) >= 11 is 3.36. The van der Waals surface area contributed by atoms with Crippen molar-refractivity contribution in [2.75, 3.05) is 27.1 Å². The molecule has 0 atom stereocenters. The topological polar surface area (TPSA) is 94.2 Å². The van der Waals surface area contributed by atoms with E-state index in [0.29, 0.717) is 21.5 Å². The Balaban J connectivity index is 1.94. The monoisotopic (exact) mass is 396 g/mol. The van der Waals surface area contributed by atoms with Crippen molar-refractivity contribution in [1.82, 2.24) is 10.2 Å². The average molecular weight is 397 g/mol. The normalized spacial score (nSPS) is 18.3. The van der Waals surface area contributed by atoms with Crippen molar-refractivity contribution in [3.8, 4) is 11.5 Å². The maximum absolute atomic E-state index is 12.5. The Labute approximate surface area is 145 Å². The largest absolute Gasteiger partial charge is 0.454 e. The first-order valence-corrected chi connectivity index (χ1v) is 7.77. The van der Waals surface area contributed by atoms with Crippen LogP contribution in [0, 0.1) is 0 Å². The number of halogens is 1. The molecule has 0 spiro atoms. The number of nitrogens with zero attached hydrogens (tertiary/aromatic N) is 1. The van der Waals surface area contributed by atoms with Crippen LogP contribution in [0.25, 0.3) is 6.08 Å². The molecule has 1 aromatic carbocycles. The lowest BCUT2D eigenvalue weighted by Crippen LogP contribution is -2.54. The van der Waals surface area contributed by atoms with E-state index in [0.717, 1.165) is 4.90 Å². The zero-order valence-electron chi connectivity index (χ0n) is 12.6. The summed E-state index contributed by atoms with van der Waals surface area (Å²) in [6, 6.07) is 2.58. The van der Waals surface area contributed by atoms with Crippen LogP contribution in [0.3, 0.4) is 0 Å². The number of rotatable bonds is 4. The van der Waals surface area contributed by atoms with Gasteiger partial charge < -0.3 is 14.2 Å². The van der Waals surface area contributed by atoms with Gasteiger partial charge in [0.2, 0.25) is 6.79 Å². The van der Waals surface area contributed by atoms with Gasteiger partial charge in [-0.1, -0.05) is 15.9 Å². The molecular weight excluding hydrogens is 384 g/mol. The van der Waals surface area contributed by atoms with Gasteiger partial charge in [-0.3, -0.25) is 19.8 Å². The number of carbonyl (C=O) groups excluding carboxylic acids is 3. The third-order valence-corrected chi connectivity index (χ3v) is 4.18. The molecule has 0 unspecified atom stereocenters. The van der Waals surface area contributed by atoms with Crippen LogP contribution < -0.4 is 14.8 Å². The third-order valence-electron chi connectivity index (χ3n) is 3.50. The van der Waals surface area contributed by atoms with Crippen LogP contribution in [0.1, 0.15) is 5.56 Å². The fourth-order valence-electron chi connectivity index (χ4n) is 2.28. The Morgan fingerprint density at radius 2 is 2.00 bits per heavy atom. The van der Waals surface area contributed by atoms with E-state index in [1.165, 1.54) is 13.2 Å². The molecule has 0 aliphatic carbocycles. The lowest BCUT2D eigenvalue weighted by Gasteiger charge is -2.26. The number of benzene rings is 1. The minimum atomic E-state index is -0.760. The highest BCUT2D eigenvalue weighted by Crippen LogP contribution is 2.37. The summed E-state index contributed by atoms with van der Waals surface area (Å²) < 4.78 is 16.0. The number of methoxy groups -OCH3 is 1. The lowest BCUT2D eigenvalue weighted by molar-refractivity contribution is -0.130. The molecule has 0 aromatic heterocycles. The number of ether oxygens (including phenoxy) is 3. The predicted molar refractivity (Wildman–Crippen MR) is 85.4 cm³/mol. The standard InChI is InChI=1S/C15H13BrN2O6/c1-22-3-2-18-14(20)9(13(19)17-15(18)21)4-8-5-11-12(6-10(8)16)24-7-23-11/h4-6H,2-3,7H2,1H3,(H,17,19,21). The van der Waals surface area contributed by atoms with Crippen molar-refractivity contribution in [3.63, 3.8) is 0 Å². The number of imide groups is 2. The second kappa shape index (κ2) is 6.62. The van der Waals surface area contributed by atoms with Crippen molar-refractivity contribution in [1.29, 1.82) is 0 Å². The molecule has 2 aliphatic rings. The Morgan fingerprint density at radius 1 is 1.29 bits per heavy atom. The first kappa shape index (κ1) is 16.5. The maximum Gasteiger partial charge on any atom is 0.331 e. The van der Waals surface area contributed by atoms with E-state index < -0.39 is 17.8 Å². The molecule has 3 rings (SSSR count). The van der Waals surface area contributed by atoms with Gasteiger partial charge in [0.25, 0.3) is 11.8 Å². The molecule has 2 aliphatic heterocycles. The third kappa shape index (κ3) is 3.00. The number of urea groups is 1. The number of amides is 4. The van der Waals surface area contributed by atoms with Crippen LogP contribution in [-0.2, 0) is 14.3 Å². The molecule has 0 saturated carbocycles. The summed E-state index contributed by atoms with van der Waals surface area (Å²) in [6.07, 6.45) is 1.40. The summed E-state index contributed by atoms with van der Waals surface area (Å²) in [5.74, 6) is -0.338. The molecule has 126 valence electrons. The van der Waals surface area contributed by atoms with Gasteiger partial charge in [0, 0.05) is 11.6 Å². The molecule has 0 bridgehead atoms. The molecular formula is C15H13BrN2O6. The summed E-state index contributed by atoms with van der Waals surface area (Å²) in [5.41, 5.74) is 0.407. The van der Waals surface area contributed by atoms with Crippen LogP contribution in [0.2, 0.25) is 0 Å². The van der Waals surface area contributed by atoms with Crippen LogP contribution in [0.4, 0.5) is 4.79 Å². The van der Waals surface area contributed by atoms with E-state index in [2.05, 4.69) is 21.2 Å². The maximum atomic E-state index is 12.5. The summed E-state index contributed by atoms with van der Waals surface area (Å²) in [7, 11) is 1.46. The van der Waals surface area contributed by atoms with Crippen molar-refractivity contribution in [3.05, 3.63) is 27.7 Å². The highest BCUT2D eigenvalue weighted by molar-refractivity contribution is 9.10. The van der Waals surface area contributed by atoms with Gasteiger partial charge in [0.15, 0.2) is 11.5 Å². The van der Waals surface area contributed by atoms with Crippen molar-refractivity contribution in [2.24, 2.45) is 0 Å². The number of hydrogen-bond acceptors (Lipinski definition) is 6. The van der Waals surface area contributed by atoms with Gasteiger partial charge >= 0.3 is 6.03 Å². The molecule has 4 amide bonds. The lowest BCUT2D eigenvalue weighted by atomic mass is 10.1. The molecule has 1 fully saturated rings. The molecule has 1 aromatic rings. The summed E-state index contributed by atoms with van der Waals surface area (Å²) in [5, 5.41) is 2.14. The molecule has 1 N–H and O–H groups in total. The van der Waals surface area contributed by atoms with Gasteiger partial charge in [-0.2, -0.15) is 0 Å². The van der Waals surface area contributed by atoms with Crippen LogP contribution in [0.15, 0.2) is 22.2 Å². The number of barbiturate groups is 1. The Hall–Kier alpha value is -2.39. The van der Waals surface area contributed by atoms with E-state index in [9.17, 15) is 14.4 Å². The number of carbonyl (C=O) groups is 3. The van der Waals surface area contributed by atoms with E-state index in [-0.39, 0.29) is 25.5 Å². The van der Waals surface area contributed by atoms with Gasteiger partial charge in [-0.25, -0.2) is 4.79 Å². The highest BCUT2D eigenvalue weighted by atomic mass is 79.9. The van der Waals surface area contributed by atoms with Crippen LogP contribution in [0.5, 0.6) is 11.5 Å². The Morgan fingerprint density at radius 3 is 2.71 bits per heavy atom. The first-order chi connectivity index (χ1) is 11.5. The first-order valence-electron chi connectivity index (χ1n) is 6.98. The molecule has 9 heteroatoms. The molecule has 24 heavy (non-hydrogen) atoms. The minimum Gasteiger partial charge on any atom is -0.454 e. The van der Waals surface area contributed by atoms with Gasteiger partial charge in [-0.15, -0.1) is 0 Å². The van der Waals surface area contributed by atoms with Gasteiger partial charge in [-0.05, 0) is 23.8 Å². The quantitative estimate of drug-likeness (QED) is 0.608. The Bertz CT molecular complexity index is 761. The van der Waals surface area contributed by atoms with Gasteiger partial charge in [0.05, 0.1) is 13.2 Å². The smallest absolute Gasteiger partial charge is 0.331 e. The zero-order chi connectivity index (χ0) is 17.3. The van der Waals surface area contributed by atoms with Crippen molar-refractivity contribution >= 4 is 39.9 Å². The van der Waals surface area contributed by atoms with Gasteiger partial charge in [0.1, 0.15) is 5.57 Å². The van der Waals surface area contributed by atoms with E-state index in [4.69, 9.17) is 14.2 Å². The highest BCUT2D eigenvalue weighted by Gasteiger charge is 2.35. The fourth-order valence-corrected chi connectivity index (χ4v) is 2.72. The fraction of sp³-hybridized carbons (Fsp3) is 0.267. The SMILES string of the molecule is COCCN1C(=O)NC(=O)C(=Cc2cc3c(cc2Br)OCO3)C1=O. The van der Waals surface area contributed by atoms with E-state index in [1.54, 1.807) is 12.1 Å². The van der Waals surface area contributed by atoms with Crippen LogP contribution in [-0.4, -0.2) is 49.8 Å². The molecule has 2 heterocycles. The van der Waals surface area contributed by atoms with Crippen molar-refractivity contribution in [2.45, 2.75) is 0 Å². The Kier molecular flexibility index (Phi) is 4.54. The molecule has 0 radical (unpaired) electrons. The minimum absolute atomic E-state index is 0.0497. The predicted octanol–water partition coefficient (Wildman–Crippen LogP) is 1.29. The number of fused-ring (bicyclic) bond motifs is 1. The second-order valence-electron chi connectivity index (χ2n) is 4.99. The molecule has 1 saturated heterocycles.